The standard InChI is InChI=1S/C14H23N3O/c1-12(11-15)14(18)16-9-6-10-17(2)13-7-4-3-5-8-13/h3-5,7-8,12H,6,9-11,15H2,1-2H3,(H,16,18). The van der Waals surface area contributed by atoms with Crippen LogP contribution in [0.4, 0.5) is 5.69 Å². The maximum absolute atomic E-state index is 11.5. The Morgan fingerprint density at radius 1 is 1.39 bits per heavy atom. The van der Waals surface area contributed by atoms with Gasteiger partial charge in [0.1, 0.15) is 0 Å². The number of carbonyl (C=O) groups excluding carboxylic acids is 1. The van der Waals surface area contributed by atoms with Gasteiger partial charge in [0.05, 0.1) is 0 Å². The van der Waals surface area contributed by atoms with Crippen molar-refractivity contribution in [2.24, 2.45) is 11.7 Å². The highest BCUT2D eigenvalue weighted by atomic mass is 16.1. The lowest BCUT2D eigenvalue weighted by Crippen LogP contribution is -2.35. The fourth-order valence-electron chi connectivity index (χ4n) is 1.62. The van der Waals surface area contributed by atoms with E-state index in [1.54, 1.807) is 0 Å². The predicted octanol–water partition coefficient (Wildman–Crippen LogP) is 1.22. The Labute approximate surface area is 109 Å². The fourth-order valence-corrected chi connectivity index (χ4v) is 1.62. The van der Waals surface area contributed by atoms with Crippen molar-refractivity contribution >= 4 is 11.6 Å². The summed E-state index contributed by atoms with van der Waals surface area (Å²) < 4.78 is 0. The minimum Gasteiger partial charge on any atom is -0.375 e. The first kappa shape index (κ1) is 14.5. The molecule has 4 heteroatoms. The van der Waals surface area contributed by atoms with Crippen LogP contribution in [0.3, 0.4) is 0 Å². The molecule has 0 fully saturated rings. The van der Waals surface area contributed by atoms with E-state index in [-0.39, 0.29) is 11.8 Å². The highest BCUT2D eigenvalue weighted by molar-refractivity contribution is 5.78. The number of anilines is 1. The molecule has 0 aliphatic rings. The minimum atomic E-state index is -0.100. The number of rotatable bonds is 7. The zero-order valence-corrected chi connectivity index (χ0v) is 11.2. The van der Waals surface area contributed by atoms with E-state index < -0.39 is 0 Å². The Bertz CT molecular complexity index is 353. The molecule has 0 bridgehead atoms. The molecule has 0 spiro atoms. The molecule has 18 heavy (non-hydrogen) atoms. The summed E-state index contributed by atoms with van der Waals surface area (Å²) in [6, 6.07) is 10.2. The van der Waals surface area contributed by atoms with Gasteiger partial charge in [0.25, 0.3) is 0 Å². The molecular formula is C14H23N3O. The molecule has 0 aliphatic heterocycles. The maximum Gasteiger partial charge on any atom is 0.224 e. The number of amides is 1. The molecular weight excluding hydrogens is 226 g/mol. The highest BCUT2D eigenvalue weighted by Gasteiger charge is 2.09. The van der Waals surface area contributed by atoms with E-state index in [0.29, 0.717) is 13.1 Å². The monoisotopic (exact) mass is 249 g/mol. The van der Waals surface area contributed by atoms with Crippen LogP contribution in [0.2, 0.25) is 0 Å². The quantitative estimate of drug-likeness (QED) is 0.714. The summed E-state index contributed by atoms with van der Waals surface area (Å²) in [7, 11) is 2.06. The topological polar surface area (TPSA) is 58.4 Å². The SMILES string of the molecule is CC(CN)C(=O)NCCCN(C)c1ccccc1. The van der Waals surface area contributed by atoms with Gasteiger partial charge in [-0.15, -0.1) is 0 Å². The third kappa shape index (κ3) is 4.75. The number of para-hydroxylation sites is 1. The van der Waals surface area contributed by atoms with Crippen molar-refractivity contribution in [2.45, 2.75) is 13.3 Å². The maximum atomic E-state index is 11.5. The fraction of sp³-hybridized carbons (Fsp3) is 0.500. The van der Waals surface area contributed by atoms with E-state index in [1.807, 2.05) is 25.1 Å². The first-order valence-electron chi connectivity index (χ1n) is 6.39. The van der Waals surface area contributed by atoms with Gasteiger partial charge < -0.3 is 16.0 Å². The van der Waals surface area contributed by atoms with Crippen molar-refractivity contribution in [3.8, 4) is 0 Å². The van der Waals surface area contributed by atoms with Gasteiger partial charge in [-0.25, -0.2) is 0 Å². The molecule has 0 saturated carbocycles. The lowest BCUT2D eigenvalue weighted by Gasteiger charge is -2.19. The predicted molar refractivity (Wildman–Crippen MR) is 75.6 cm³/mol. The molecule has 1 aromatic carbocycles. The molecule has 0 aromatic heterocycles. The Morgan fingerprint density at radius 3 is 2.67 bits per heavy atom. The van der Waals surface area contributed by atoms with Crippen LogP contribution < -0.4 is 16.0 Å². The van der Waals surface area contributed by atoms with E-state index in [1.165, 1.54) is 5.69 Å². The molecule has 1 amide bonds. The molecule has 1 atom stereocenters. The first-order chi connectivity index (χ1) is 8.65. The summed E-state index contributed by atoms with van der Waals surface area (Å²) in [4.78, 5) is 13.7. The van der Waals surface area contributed by atoms with Crippen LogP contribution >= 0.6 is 0 Å². The molecule has 4 nitrogen and oxygen atoms in total. The largest absolute Gasteiger partial charge is 0.375 e. The summed E-state index contributed by atoms with van der Waals surface area (Å²) >= 11 is 0. The summed E-state index contributed by atoms with van der Waals surface area (Å²) in [5.41, 5.74) is 6.63. The molecule has 0 heterocycles. The Balaban J connectivity index is 2.20. The van der Waals surface area contributed by atoms with Gasteiger partial charge in [0.15, 0.2) is 0 Å². The van der Waals surface area contributed by atoms with Gasteiger partial charge in [-0.2, -0.15) is 0 Å². The summed E-state index contributed by atoms with van der Waals surface area (Å²) in [5.74, 6) is -0.0586. The second-order valence-corrected chi connectivity index (χ2v) is 4.54. The highest BCUT2D eigenvalue weighted by Crippen LogP contribution is 2.10. The second kappa shape index (κ2) is 7.71. The van der Waals surface area contributed by atoms with Crippen molar-refractivity contribution in [1.29, 1.82) is 0 Å². The van der Waals surface area contributed by atoms with E-state index in [2.05, 4.69) is 29.4 Å². The minimum absolute atomic E-state index is 0.0415. The van der Waals surface area contributed by atoms with Crippen molar-refractivity contribution in [2.75, 3.05) is 31.6 Å². The van der Waals surface area contributed by atoms with Crippen LogP contribution in [0, 0.1) is 5.92 Å². The van der Waals surface area contributed by atoms with Gasteiger partial charge in [-0.1, -0.05) is 25.1 Å². The van der Waals surface area contributed by atoms with Gasteiger partial charge in [0, 0.05) is 38.3 Å². The van der Waals surface area contributed by atoms with Gasteiger partial charge in [-0.05, 0) is 18.6 Å². The third-order valence-corrected chi connectivity index (χ3v) is 2.97. The van der Waals surface area contributed by atoms with Crippen molar-refractivity contribution in [3.05, 3.63) is 30.3 Å². The van der Waals surface area contributed by atoms with Crippen LogP contribution in [-0.4, -0.2) is 32.6 Å². The summed E-state index contributed by atoms with van der Waals surface area (Å²) in [5, 5.41) is 2.89. The zero-order valence-electron chi connectivity index (χ0n) is 11.2. The van der Waals surface area contributed by atoms with Crippen molar-refractivity contribution < 1.29 is 4.79 Å². The van der Waals surface area contributed by atoms with Crippen LogP contribution in [0.1, 0.15) is 13.3 Å². The van der Waals surface area contributed by atoms with Crippen molar-refractivity contribution in [1.82, 2.24) is 5.32 Å². The molecule has 1 rings (SSSR count). The number of nitrogens with two attached hydrogens (primary N) is 1. The molecule has 0 saturated heterocycles. The molecule has 0 aliphatic carbocycles. The van der Waals surface area contributed by atoms with Crippen LogP contribution in [-0.2, 0) is 4.79 Å². The zero-order chi connectivity index (χ0) is 13.4. The number of carbonyl (C=O) groups is 1. The van der Waals surface area contributed by atoms with Gasteiger partial charge in [0.2, 0.25) is 5.91 Å². The van der Waals surface area contributed by atoms with Gasteiger partial charge >= 0.3 is 0 Å². The van der Waals surface area contributed by atoms with E-state index in [0.717, 1.165) is 13.0 Å². The number of benzene rings is 1. The smallest absolute Gasteiger partial charge is 0.224 e. The number of nitrogens with one attached hydrogen (secondary N) is 1. The Hall–Kier alpha value is -1.55. The number of hydrogen-bond donors (Lipinski definition) is 2. The molecule has 100 valence electrons. The van der Waals surface area contributed by atoms with Crippen LogP contribution in [0.15, 0.2) is 30.3 Å². The van der Waals surface area contributed by atoms with E-state index >= 15 is 0 Å². The molecule has 1 aromatic rings. The van der Waals surface area contributed by atoms with Crippen molar-refractivity contribution in [3.63, 3.8) is 0 Å². The van der Waals surface area contributed by atoms with Gasteiger partial charge in [-0.3, -0.25) is 4.79 Å². The average molecular weight is 249 g/mol. The Kier molecular flexibility index (Phi) is 6.22. The number of nitrogens with zero attached hydrogens (tertiary/aromatic N) is 1. The van der Waals surface area contributed by atoms with E-state index in [9.17, 15) is 4.79 Å². The number of hydrogen-bond acceptors (Lipinski definition) is 3. The normalized spacial score (nSPS) is 11.9. The lowest BCUT2D eigenvalue weighted by molar-refractivity contribution is -0.124. The third-order valence-electron chi connectivity index (χ3n) is 2.97. The second-order valence-electron chi connectivity index (χ2n) is 4.54. The van der Waals surface area contributed by atoms with E-state index in [4.69, 9.17) is 5.73 Å². The molecule has 3 N–H and O–H groups in total. The lowest BCUT2D eigenvalue weighted by atomic mass is 10.1. The van der Waals surface area contributed by atoms with Crippen LogP contribution in [0.5, 0.6) is 0 Å². The molecule has 0 radical (unpaired) electrons. The summed E-state index contributed by atoms with van der Waals surface area (Å²) in [6.45, 7) is 3.85. The Morgan fingerprint density at radius 2 is 2.06 bits per heavy atom. The van der Waals surface area contributed by atoms with Crippen LogP contribution in [0.25, 0.3) is 0 Å². The first-order valence-corrected chi connectivity index (χ1v) is 6.39. The molecule has 1 unspecified atom stereocenters. The average Bonchev–Trinajstić information content (AvgIpc) is 2.43. The summed E-state index contributed by atoms with van der Waals surface area (Å²) in [6.07, 6.45) is 0.925.